The minimum Gasteiger partial charge on any atom is -0.462 e. The molecule has 0 aliphatic heterocycles. The number of nitrogens with two attached hydrogens (primary N) is 1. The second-order valence-electron chi connectivity index (χ2n) is 4.65. The summed E-state index contributed by atoms with van der Waals surface area (Å²) in [6.45, 7) is 3.24. The number of hydrogen-bond acceptors (Lipinski definition) is 4. The zero-order valence-electron chi connectivity index (χ0n) is 12.2. The molecule has 7 heteroatoms. The lowest BCUT2D eigenvalue weighted by Crippen LogP contribution is -2.06. The van der Waals surface area contributed by atoms with E-state index in [4.69, 9.17) is 33.7 Å². The number of esters is 1. The number of carbonyl (C=O) groups excluding carboxylic acids is 1. The van der Waals surface area contributed by atoms with Gasteiger partial charge >= 0.3 is 5.97 Å². The lowest BCUT2D eigenvalue weighted by Gasteiger charge is -2.04. The number of carbonyl (C=O) groups is 1. The van der Waals surface area contributed by atoms with Crippen LogP contribution < -0.4 is 5.73 Å². The van der Waals surface area contributed by atoms with E-state index in [9.17, 15) is 4.79 Å². The Labute approximate surface area is 139 Å². The van der Waals surface area contributed by atoms with Crippen molar-refractivity contribution in [1.82, 2.24) is 9.78 Å². The van der Waals surface area contributed by atoms with Gasteiger partial charge in [0.1, 0.15) is 11.3 Å². The summed E-state index contributed by atoms with van der Waals surface area (Å²) in [7, 11) is 0. The first-order valence-corrected chi connectivity index (χ1v) is 7.72. The zero-order valence-corrected chi connectivity index (χ0v) is 13.7. The molecule has 0 saturated heterocycles. The number of rotatable bonds is 6. The second-order valence-corrected chi connectivity index (χ2v) is 5.46. The van der Waals surface area contributed by atoms with Crippen LogP contribution in [-0.4, -0.2) is 28.9 Å². The van der Waals surface area contributed by atoms with Crippen molar-refractivity contribution in [1.29, 1.82) is 0 Å². The number of benzene rings is 1. The monoisotopic (exact) mass is 341 g/mol. The molecule has 2 aromatic rings. The number of nitrogens with zero attached hydrogens (tertiary/aromatic N) is 2. The molecule has 2 rings (SSSR count). The zero-order chi connectivity index (χ0) is 16.1. The fourth-order valence-electron chi connectivity index (χ4n) is 2.00. The number of ether oxygens (including phenoxy) is 1. The highest BCUT2D eigenvalue weighted by Gasteiger charge is 2.19. The second kappa shape index (κ2) is 7.63. The molecule has 0 fully saturated rings. The largest absolute Gasteiger partial charge is 0.462 e. The van der Waals surface area contributed by atoms with E-state index < -0.39 is 5.97 Å². The number of aromatic nitrogens is 2. The maximum absolute atomic E-state index is 12.1. The summed E-state index contributed by atoms with van der Waals surface area (Å²) in [5.74, 6) is -0.414. The fraction of sp³-hybridized carbons (Fsp3) is 0.333. The average molecular weight is 342 g/mol. The Morgan fingerprint density at radius 3 is 2.77 bits per heavy atom. The van der Waals surface area contributed by atoms with E-state index in [0.717, 1.165) is 6.42 Å². The van der Waals surface area contributed by atoms with Crippen LogP contribution in [0.3, 0.4) is 0 Å². The lowest BCUT2D eigenvalue weighted by molar-refractivity contribution is 0.0527. The Balaban J connectivity index is 2.44. The summed E-state index contributed by atoms with van der Waals surface area (Å²) in [5, 5.41) is 5.31. The Kier molecular flexibility index (Phi) is 5.83. The van der Waals surface area contributed by atoms with E-state index in [0.29, 0.717) is 46.6 Å². The molecule has 22 heavy (non-hydrogen) atoms. The van der Waals surface area contributed by atoms with Crippen LogP contribution >= 0.6 is 23.2 Å². The Morgan fingerprint density at radius 2 is 2.14 bits per heavy atom. The number of halogens is 2. The van der Waals surface area contributed by atoms with Crippen molar-refractivity contribution in [2.45, 2.75) is 19.9 Å². The highest BCUT2D eigenvalue weighted by Crippen LogP contribution is 2.30. The van der Waals surface area contributed by atoms with Crippen LogP contribution in [0, 0.1) is 0 Å². The quantitative estimate of drug-likeness (QED) is 0.817. The first-order valence-electron chi connectivity index (χ1n) is 6.96. The van der Waals surface area contributed by atoms with E-state index >= 15 is 0 Å². The summed E-state index contributed by atoms with van der Waals surface area (Å²) in [5.41, 5.74) is 7.15. The minimum atomic E-state index is -0.414. The molecule has 5 nitrogen and oxygen atoms in total. The first-order chi connectivity index (χ1) is 10.6. The summed E-state index contributed by atoms with van der Waals surface area (Å²) < 4.78 is 6.78. The molecular formula is C15H17Cl2N3O2. The van der Waals surface area contributed by atoms with Crippen molar-refractivity contribution >= 4 is 29.2 Å². The molecule has 2 N–H and O–H groups in total. The molecule has 1 heterocycles. The van der Waals surface area contributed by atoms with Gasteiger partial charge in [-0.15, -0.1) is 0 Å². The molecule has 118 valence electrons. The first kappa shape index (κ1) is 16.8. The molecule has 0 spiro atoms. The summed E-state index contributed by atoms with van der Waals surface area (Å²) in [6.07, 6.45) is 2.44. The van der Waals surface area contributed by atoms with Gasteiger partial charge in [-0.2, -0.15) is 5.10 Å². The summed E-state index contributed by atoms with van der Waals surface area (Å²) >= 11 is 12.0. The highest BCUT2D eigenvalue weighted by molar-refractivity contribution is 6.42. The molecule has 1 aromatic heterocycles. The average Bonchev–Trinajstić information content (AvgIpc) is 2.92. The van der Waals surface area contributed by atoms with Crippen molar-refractivity contribution in [3.63, 3.8) is 0 Å². The molecule has 0 atom stereocenters. The van der Waals surface area contributed by atoms with E-state index in [2.05, 4.69) is 5.10 Å². The van der Waals surface area contributed by atoms with Crippen LogP contribution in [0.2, 0.25) is 10.0 Å². The van der Waals surface area contributed by atoms with E-state index in [-0.39, 0.29) is 0 Å². The van der Waals surface area contributed by atoms with Crippen LogP contribution in [0.5, 0.6) is 0 Å². The summed E-state index contributed by atoms with van der Waals surface area (Å²) in [4.78, 5) is 12.1. The maximum atomic E-state index is 12.1. The number of aryl methyl sites for hydroxylation is 1. The third kappa shape index (κ3) is 3.80. The molecule has 0 bridgehead atoms. The van der Waals surface area contributed by atoms with Gasteiger partial charge in [-0.25, -0.2) is 4.79 Å². The van der Waals surface area contributed by atoms with Crippen LogP contribution in [0.1, 0.15) is 23.7 Å². The standard InChI is InChI=1S/C15H17Cl2N3O2/c1-2-22-15(21)11-9-20(7-3-6-18)19-14(11)10-4-5-12(16)13(17)8-10/h4-5,8-9H,2-3,6-7,18H2,1H3. The molecule has 0 amide bonds. The normalized spacial score (nSPS) is 10.7. The predicted octanol–water partition coefficient (Wildman–Crippen LogP) is 3.38. The molecule has 1 aromatic carbocycles. The third-order valence-electron chi connectivity index (χ3n) is 3.04. The van der Waals surface area contributed by atoms with E-state index in [1.54, 1.807) is 36.0 Å². The van der Waals surface area contributed by atoms with Gasteiger partial charge in [-0.05, 0) is 32.0 Å². The topological polar surface area (TPSA) is 70.1 Å². The Morgan fingerprint density at radius 1 is 1.36 bits per heavy atom. The van der Waals surface area contributed by atoms with Crippen molar-refractivity contribution in [2.75, 3.05) is 13.2 Å². The van der Waals surface area contributed by atoms with Crippen molar-refractivity contribution in [3.8, 4) is 11.3 Å². The fourth-order valence-corrected chi connectivity index (χ4v) is 2.30. The Bertz CT molecular complexity index is 671. The van der Waals surface area contributed by atoms with Gasteiger partial charge < -0.3 is 10.5 Å². The van der Waals surface area contributed by atoms with Crippen molar-refractivity contribution in [3.05, 3.63) is 40.0 Å². The van der Waals surface area contributed by atoms with Gasteiger partial charge in [0.15, 0.2) is 0 Å². The molecular weight excluding hydrogens is 325 g/mol. The summed E-state index contributed by atoms with van der Waals surface area (Å²) in [6, 6.07) is 5.13. The van der Waals surface area contributed by atoms with E-state index in [1.165, 1.54) is 0 Å². The molecule has 0 radical (unpaired) electrons. The van der Waals surface area contributed by atoms with Crippen LogP contribution in [0.4, 0.5) is 0 Å². The highest BCUT2D eigenvalue weighted by atomic mass is 35.5. The van der Waals surface area contributed by atoms with Gasteiger partial charge in [0.25, 0.3) is 0 Å². The minimum absolute atomic E-state index is 0.299. The van der Waals surface area contributed by atoms with Gasteiger partial charge in [-0.1, -0.05) is 29.3 Å². The van der Waals surface area contributed by atoms with Crippen molar-refractivity contribution in [2.24, 2.45) is 5.73 Å². The molecule has 0 unspecified atom stereocenters. The molecule has 0 saturated carbocycles. The predicted molar refractivity (Wildman–Crippen MR) is 87.3 cm³/mol. The lowest BCUT2D eigenvalue weighted by atomic mass is 10.1. The van der Waals surface area contributed by atoms with Gasteiger partial charge in [0.05, 0.1) is 16.7 Å². The number of hydrogen-bond donors (Lipinski definition) is 1. The Hall–Kier alpha value is -1.56. The third-order valence-corrected chi connectivity index (χ3v) is 3.78. The molecule has 0 aliphatic carbocycles. The van der Waals surface area contributed by atoms with Gasteiger partial charge in [0, 0.05) is 18.3 Å². The smallest absolute Gasteiger partial charge is 0.341 e. The van der Waals surface area contributed by atoms with E-state index in [1.807, 2.05) is 0 Å². The van der Waals surface area contributed by atoms with Crippen molar-refractivity contribution < 1.29 is 9.53 Å². The maximum Gasteiger partial charge on any atom is 0.341 e. The SMILES string of the molecule is CCOC(=O)c1cn(CCCN)nc1-c1ccc(Cl)c(Cl)c1. The van der Waals surface area contributed by atoms with Gasteiger partial charge in [0.2, 0.25) is 0 Å². The van der Waals surface area contributed by atoms with Gasteiger partial charge in [-0.3, -0.25) is 4.68 Å². The molecule has 0 aliphatic rings. The van der Waals surface area contributed by atoms with Crippen LogP contribution in [-0.2, 0) is 11.3 Å². The van der Waals surface area contributed by atoms with Crippen LogP contribution in [0.15, 0.2) is 24.4 Å². The van der Waals surface area contributed by atoms with Crippen LogP contribution in [0.25, 0.3) is 11.3 Å².